The number of nitrogens with zero attached hydrogens (tertiary/aromatic N) is 3. The Kier molecular flexibility index (Phi) is 6.08. The van der Waals surface area contributed by atoms with Crippen LogP contribution in [0.1, 0.15) is 71.4 Å². The Bertz CT molecular complexity index is 1090. The van der Waals surface area contributed by atoms with Crippen LogP contribution in [0.3, 0.4) is 0 Å². The number of halogens is 1. The number of likely N-dealkylation sites (tertiary alicyclic amines) is 1. The molecule has 1 aromatic carbocycles. The first-order chi connectivity index (χ1) is 15.8. The zero-order chi connectivity index (χ0) is 24.8. The largest absolute Gasteiger partial charge is 0.444 e. The molecule has 184 valence electrons. The van der Waals surface area contributed by atoms with E-state index in [0.717, 1.165) is 11.3 Å². The fourth-order valence-electron chi connectivity index (χ4n) is 4.58. The second-order valence-corrected chi connectivity index (χ2v) is 11.0. The van der Waals surface area contributed by atoms with Gasteiger partial charge in [0.25, 0.3) is 0 Å². The van der Waals surface area contributed by atoms with Gasteiger partial charge in [0, 0.05) is 36.1 Å². The van der Waals surface area contributed by atoms with E-state index < -0.39 is 17.1 Å². The average molecular weight is 473 g/mol. The summed E-state index contributed by atoms with van der Waals surface area (Å²) < 4.78 is 27.2. The Balaban J connectivity index is 1.66. The molecule has 4 rings (SSSR count). The van der Waals surface area contributed by atoms with Crippen LogP contribution in [0.2, 0.25) is 0 Å². The van der Waals surface area contributed by atoms with Crippen LogP contribution < -0.4 is 5.32 Å². The maximum Gasteiger partial charge on any atom is 0.410 e. The van der Waals surface area contributed by atoms with Crippen molar-refractivity contribution < 1.29 is 23.5 Å². The molecule has 2 aliphatic rings. The van der Waals surface area contributed by atoms with Crippen molar-refractivity contribution in [2.75, 3.05) is 11.9 Å². The SMILES string of the molecule is CC(C)(C)OC(=O)N1CC[C@H]2C1c1cc(F)ccc1N[C@H]2c1nccn1COC(=O)C(C)(C)C. The van der Waals surface area contributed by atoms with Gasteiger partial charge in [0.05, 0.1) is 17.5 Å². The molecule has 3 heterocycles. The zero-order valence-corrected chi connectivity index (χ0v) is 20.6. The van der Waals surface area contributed by atoms with Gasteiger partial charge in [-0.3, -0.25) is 9.36 Å². The summed E-state index contributed by atoms with van der Waals surface area (Å²) in [5, 5.41) is 3.49. The Morgan fingerprint density at radius 2 is 1.94 bits per heavy atom. The van der Waals surface area contributed by atoms with Gasteiger partial charge >= 0.3 is 12.1 Å². The summed E-state index contributed by atoms with van der Waals surface area (Å²) in [5.74, 6) is -0.0391. The molecule has 1 fully saturated rings. The van der Waals surface area contributed by atoms with Crippen molar-refractivity contribution in [1.29, 1.82) is 0 Å². The van der Waals surface area contributed by atoms with Gasteiger partial charge in [-0.15, -0.1) is 0 Å². The van der Waals surface area contributed by atoms with Crippen LogP contribution in [-0.2, 0) is 21.0 Å². The molecule has 1 aromatic heterocycles. The molecule has 1 N–H and O–H groups in total. The van der Waals surface area contributed by atoms with Crippen LogP contribution >= 0.6 is 0 Å². The molecule has 1 amide bonds. The van der Waals surface area contributed by atoms with E-state index in [4.69, 9.17) is 9.47 Å². The third-order valence-corrected chi connectivity index (χ3v) is 6.12. The molecule has 0 aliphatic carbocycles. The fraction of sp³-hybridized carbons (Fsp3) is 0.560. The number of fused-ring (bicyclic) bond motifs is 3. The van der Waals surface area contributed by atoms with Gasteiger partial charge in [-0.05, 0) is 66.2 Å². The number of nitrogens with one attached hydrogen (secondary N) is 1. The van der Waals surface area contributed by atoms with Crippen LogP contribution in [0.4, 0.5) is 14.9 Å². The Morgan fingerprint density at radius 1 is 1.21 bits per heavy atom. The first-order valence-electron chi connectivity index (χ1n) is 11.6. The lowest BCUT2D eigenvalue weighted by Crippen LogP contribution is -2.40. The number of anilines is 1. The van der Waals surface area contributed by atoms with Gasteiger partial charge in [0.1, 0.15) is 17.2 Å². The fourth-order valence-corrected chi connectivity index (χ4v) is 4.58. The van der Waals surface area contributed by atoms with Crippen LogP contribution in [0.15, 0.2) is 30.6 Å². The highest BCUT2D eigenvalue weighted by Gasteiger charge is 2.48. The van der Waals surface area contributed by atoms with Gasteiger partial charge in [-0.25, -0.2) is 14.2 Å². The predicted octanol–water partition coefficient (Wildman–Crippen LogP) is 5.03. The van der Waals surface area contributed by atoms with Gasteiger partial charge in [0.2, 0.25) is 0 Å². The maximum absolute atomic E-state index is 14.2. The maximum atomic E-state index is 14.2. The number of ether oxygens (including phenoxy) is 2. The zero-order valence-electron chi connectivity index (χ0n) is 20.6. The van der Waals surface area contributed by atoms with Crippen molar-refractivity contribution in [2.24, 2.45) is 11.3 Å². The number of carbonyl (C=O) groups is 2. The predicted molar refractivity (Wildman–Crippen MR) is 124 cm³/mol. The summed E-state index contributed by atoms with van der Waals surface area (Å²) in [6, 6.07) is 3.93. The van der Waals surface area contributed by atoms with Crippen molar-refractivity contribution in [1.82, 2.24) is 14.5 Å². The van der Waals surface area contributed by atoms with E-state index in [9.17, 15) is 14.0 Å². The number of hydrogen-bond donors (Lipinski definition) is 1. The lowest BCUT2D eigenvalue weighted by Gasteiger charge is -2.39. The van der Waals surface area contributed by atoms with E-state index in [0.29, 0.717) is 18.8 Å². The second kappa shape index (κ2) is 8.60. The van der Waals surface area contributed by atoms with Crippen LogP contribution in [0, 0.1) is 17.2 Å². The minimum Gasteiger partial charge on any atom is -0.444 e. The van der Waals surface area contributed by atoms with Gasteiger partial charge < -0.3 is 19.7 Å². The Hall–Kier alpha value is -3.10. The second-order valence-electron chi connectivity index (χ2n) is 11.0. The van der Waals surface area contributed by atoms with Crippen molar-refractivity contribution in [2.45, 2.75) is 72.4 Å². The highest BCUT2D eigenvalue weighted by Crippen LogP contribution is 2.51. The molecule has 1 saturated heterocycles. The number of carbonyl (C=O) groups excluding carboxylic acids is 2. The summed E-state index contributed by atoms with van der Waals surface area (Å²) >= 11 is 0. The van der Waals surface area contributed by atoms with E-state index in [1.807, 2.05) is 20.8 Å². The van der Waals surface area contributed by atoms with E-state index in [-0.39, 0.29) is 36.5 Å². The molecule has 2 aliphatic heterocycles. The quantitative estimate of drug-likeness (QED) is 0.631. The number of imidazole rings is 1. The molecule has 0 saturated carbocycles. The molecule has 0 spiro atoms. The van der Waals surface area contributed by atoms with Gasteiger partial charge in [-0.1, -0.05) is 0 Å². The molecule has 8 nitrogen and oxygen atoms in total. The summed E-state index contributed by atoms with van der Waals surface area (Å²) in [5.41, 5.74) is 0.211. The summed E-state index contributed by atoms with van der Waals surface area (Å²) in [6.45, 7) is 11.4. The van der Waals surface area contributed by atoms with E-state index in [2.05, 4.69) is 10.3 Å². The first kappa shape index (κ1) is 24.0. The van der Waals surface area contributed by atoms with Crippen molar-refractivity contribution in [3.63, 3.8) is 0 Å². The minimum atomic E-state index is -0.639. The molecule has 34 heavy (non-hydrogen) atoms. The molecular weight excluding hydrogens is 439 g/mol. The molecule has 9 heteroatoms. The molecule has 0 radical (unpaired) electrons. The van der Waals surface area contributed by atoms with E-state index >= 15 is 0 Å². The molecule has 2 aromatic rings. The average Bonchev–Trinajstić information content (AvgIpc) is 3.37. The topological polar surface area (TPSA) is 85.7 Å². The smallest absolute Gasteiger partial charge is 0.410 e. The lowest BCUT2D eigenvalue weighted by molar-refractivity contribution is -0.157. The monoisotopic (exact) mass is 472 g/mol. The highest BCUT2D eigenvalue weighted by molar-refractivity contribution is 5.75. The third kappa shape index (κ3) is 4.74. The number of amides is 1. The number of benzene rings is 1. The van der Waals surface area contributed by atoms with Crippen molar-refractivity contribution >= 4 is 17.7 Å². The minimum absolute atomic E-state index is 0.0348. The summed E-state index contributed by atoms with van der Waals surface area (Å²) in [7, 11) is 0. The van der Waals surface area contributed by atoms with Crippen molar-refractivity contribution in [3.8, 4) is 0 Å². The van der Waals surface area contributed by atoms with Gasteiger partial charge in [-0.2, -0.15) is 0 Å². The van der Waals surface area contributed by atoms with E-state index in [1.54, 1.807) is 48.7 Å². The lowest BCUT2D eigenvalue weighted by atomic mass is 9.82. The summed E-state index contributed by atoms with van der Waals surface area (Å²) in [6.07, 6.45) is 3.70. The number of esters is 1. The van der Waals surface area contributed by atoms with Crippen LogP contribution in [-0.4, -0.2) is 38.7 Å². The number of rotatable bonds is 3. The summed E-state index contributed by atoms with van der Waals surface area (Å²) in [4.78, 5) is 31.6. The number of hydrogen-bond acceptors (Lipinski definition) is 6. The molecule has 0 bridgehead atoms. The molecule has 3 atom stereocenters. The van der Waals surface area contributed by atoms with E-state index in [1.165, 1.54) is 12.1 Å². The standard InChI is InChI=1S/C25H33FN4O4/c1-24(2,3)22(31)33-14-29-12-10-27-21(29)19-16-9-11-30(23(32)34-25(4,5)6)20(16)17-13-15(26)7-8-18(17)28-19/h7-8,10,12-13,16,19-20,28H,9,11,14H2,1-6H3/t16-,19-,20?/m1/s1. The normalized spacial score (nSPS) is 22.0. The van der Waals surface area contributed by atoms with Crippen LogP contribution in [0.5, 0.6) is 0 Å². The third-order valence-electron chi connectivity index (χ3n) is 6.12. The Labute approximate surface area is 199 Å². The Morgan fingerprint density at radius 3 is 2.62 bits per heavy atom. The van der Waals surface area contributed by atoms with Crippen molar-refractivity contribution in [3.05, 3.63) is 47.8 Å². The molecule has 1 unspecified atom stereocenters. The first-order valence-corrected chi connectivity index (χ1v) is 11.6. The molecular formula is C25H33FN4O4. The van der Waals surface area contributed by atoms with Gasteiger partial charge in [0.15, 0.2) is 6.73 Å². The highest BCUT2D eigenvalue weighted by atomic mass is 19.1. The van der Waals surface area contributed by atoms with Crippen LogP contribution in [0.25, 0.3) is 0 Å². The number of aromatic nitrogens is 2.